The van der Waals surface area contributed by atoms with Crippen molar-refractivity contribution in [3.8, 4) is 0 Å². The summed E-state index contributed by atoms with van der Waals surface area (Å²) in [7, 11) is 0. The zero-order valence-corrected chi connectivity index (χ0v) is 32.1. The zero-order valence-electron chi connectivity index (χ0n) is 28.9. The second kappa shape index (κ2) is 16.0. The van der Waals surface area contributed by atoms with Crippen LogP contribution in [0.1, 0.15) is 37.0 Å². The van der Waals surface area contributed by atoms with Gasteiger partial charge in [-0.3, -0.25) is 9.69 Å². The number of aromatic carboxylic acids is 2. The van der Waals surface area contributed by atoms with Crippen molar-refractivity contribution in [2.75, 3.05) is 62.2 Å². The Kier molecular flexibility index (Phi) is 11.0. The number of anilines is 2. The fraction of sp³-hybridized carbons (Fsp3) is 0.225. The molecule has 1 amide bonds. The second-order valence-electron chi connectivity index (χ2n) is 13.0. The quantitative estimate of drug-likeness (QED) is 0.162. The SMILES string of the molecule is O=C(O)c1cc2c(Br)c(N3CCN(C(=O)c4ccccc4)CC3)ccc2o1.O=C(O)c1cc2c(Br)c(N3CCN(Cc4cccc(F)c4)CC3)ccc2o1. The van der Waals surface area contributed by atoms with Gasteiger partial charge in [0.2, 0.25) is 11.5 Å². The predicted octanol–water partition coefficient (Wildman–Crippen LogP) is 8.21. The maximum absolute atomic E-state index is 13.4. The van der Waals surface area contributed by atoms with Gasteiger partial charge in [-0.05, 0) is 86.0 Å². The number of carbonyl (C=O) groups is 3. The van der Waals surface area contributed by atoms with Gasteiger partial charge in [0, 0.05) is 87.4 Å². The van der Waals surface area contributed by atoms with Gasteiger partial charge < -0.3 is 33.7 Å². The van der Waals surface area contributed by atoms with Crippen molar-refractivity contribution in [3.05, 3.63) is 128 Å². The molecule has 14 heteroatoms. The van der Waals surface area contributed by atoms with Gasteiger partial charge in [0.15, 0.2) is 0 Å². The van der Waals surface area contributed by atoms with Crippen molar-refractivity contribution in [2.45, 2.75) is 6.54 Å². The van der Waals surface area contributed by atoms with Gasteiger partial charge in [-0.2, -0.15) is 0 Å². The number of furan rings is 2. The van der Waals surface area contributed by atoms with Gasteiger partial charge in [0.05, 0.1) is 20.3 Å². The number of hydrogen-bond donors (Lipinski definition) is 2. The fourth-order valence-corrected chi connectivity index (χ4v) is 8.17. The molecule has 8 rings (SSSR count). The second-order valence-corrected chi connectivity index (χ2v) is 14.6. The van der Waals surface area contributed by atoms with Gasteiger partial charge >= 0.3 is 11.9 Å². The first kappa shape index (κ1) is 37.1. The minimum Gasteiger partial charge on any atom is -0.475 e. The van der Waals surface area contributed by atoms with Gasteiger partial charge in [-0.25, -0.2) is 14.0 Å². The Morgan fingerprint density at radius 1 is 0.630 bits per heavy atom. The van der Waals surface area contributed by atoms with Crippen LogP contribution in [0.25, 0.3) is 21.9 Å². The number of hydrogen-bond acceptors (Lipinski definition) is 8. The lowest BCUT2D eigenvalue weighted by molar-refractivity contribution is 0.0655. The van der Waals surface area contributed by atoms with Crippen molar-refractivity contribution in [3.63, 3.8) is 0 Å². The highest BCUT2D eigenvalue weighted by atomic mass is 79.9. The number of nitrogens with zero attached hydrogens (tertiary/aromatic N) is 4. The van der Waals surface area contributed by atoms with Crippen LogP contribution in [0, 0.1) is 5.82 Å². The molecule has 0 unspecified atom stereocenters. The van der Waals surface area contributed by atoms with E-state index in [2.05, 4.69) is 46.6 Å². The lowest BCUT2D eigenvalue weighted by atomic mass is 10.1. The Balaban J connectivity index is 0.000000167. The van der Waals surface area contributed by atoms with E-state index in [-0.39, 0.29) is 23.2 Å². The van der Waals surface area contributed by atoms with Crippen LogP contribution < -0.4 is 9.80 Å². The average Bonchev–Trinajstić information content (AvgIpc) is 3.83. The molecule has 54 heavy (non-hydrogen) atoms. The maximum Gasteiger partial charge on any atom is 0.371 e. The average molecular weight is 863 g/mol. The fourth-order valence-electron chi connectivity index (χ4n) is 6.79. The molecule has 2 aromatic heterocycles. The van der Waals surface area contributed by atoms with Gasteiger partial charge in [0.1, 0.15) is 17.0 Å². The van der Waals surface area contributed by atoms with Crippen molar-refractivity contribution >= 4 is 83.0 Å². The molecular weight excluding hydrogens is 827 g/mol. The summed E-state index contributed by atoms with van der Waals surface area (Å²) in [5, 5.41) is 19.7. The molecule has 0 saturated carbocycles. The number of carbonyl (C=O) groups excluding carboxylic acids is 1. The molecule has 278 valence electrons. The number of benzene rings is 4. The lowest BCUT2D eigenvalue weighted by Crippen LogP contribution is -2.48. The molecule has 6 aromatic rings. The van der Waals surface area contributed by atoms with E-state index in [1.54, 1.807) is 30.3 Å². The van der Waals surface area contributed by atoms with E-state index in [9.17, 15) is 18.8 Å². The number of carboxylic acids is 2. The number of piperazine rings is 2. The van der Waals surface area contributed by atoms with Crippen LogP contribution in [0.4, 0.5) is 15.8 Å². The molecular formula is C40H35Br2FN4O7. The summed E-state index contributed by atoms with van der Waals surface area (Å²) in [4.78, 5) is 43.4. The number of amides is 1. The van der Waals surface area contributed by atoms with Crippen LogP contribution in [0.2, 0.25) is 0 Å². The number of rotatable bonds is 7. The lowest BCUT2D eigenvalue weighted by Gasteiger charge is -2.36. The third kappa shape index (κ3) is 8.00. The highest BCUT2D eigenvalue weighted by molar-refractivity contribution is 9.11. The van der Waals surface area contributed by atoms with E-state index in [1.165, 1.54) is 12.1 Å². The molecule has 4 aromatic carbocycles. The molecule has 0 spiro atoms. The summed E-state index contributed by atoms with van der Waals surface area (Å²) in [6, 6.07) is 26.5. The summed E-state index contributed by atoms with van der Waals surface area (Å²) in [5.74, 6) is -2.47. The van der Waals surface area contributed by atoms with Crippen LogP contribution in [0.3, 0.4) is 0 Å². The third-order valence-electron chi connectivity index (χ3n) is 9.59. The van der Waals surface area contributed by atoms with E-state index < -0.39 is 11.9 Å². The van der Waals surface area contributed by atoms with Crippen molar-refractivity contribution in [1.29, 1.82) is 0 Å². The van der Waals surface area contributed by atoms with Gasteiger partial charge in [-0.15, -0.1) is 0 Å². The normalized spacial score (nSPS) is 15.0. The number of halogens is 3. The van der Waals surface area contributed by atoms with Gasteiger partial charge in [0.25, 0.3) is 5.91 Å². The summed E-state index contributed by atoms with van der Waals surface area (Å²) >= 11 is 7.19. The van der Waals surface area contributed by atoms with Crippen LogP contribution >= 0.6 is 31.9 Å². The molecule has 2 fully saturated rings. The molecule has 2 aliphatic rings. The van der Waals surface area contributed by atoms with Crippen LogP contribution in [0.15, 0.2) is 109 Å². The molecule has 2 N–H and O–H groups in total. The number of carboxylic acid groups (broad SMARTS) is 2. The molecule has 2 aliphatic heterocycles. The number of fused-ring (bicyclic) bond motifs is 2. The summed E-state index contributed by atoms with van der Waals surface area (Å²) < 4.78 is 25.7. The Morgan fingerprint density at radius 2 is 1.15 bits per heavy atom. The Labute approximate surface area is 326 Å². The summed E-state index contributed by atoms with van der Waals surface area (Å²) in [5.41, 5.74) is 4.74. The van der Waals surface area contributed by atoms with E-state index >= 15 is 0 Å². The molecule has 0 radical (unpaired) electrons. The topological polar surface area (TPSA) is 131 Å². The first-order valence-corrected chi connectivity index (χ1v) is 18.9. The van der Waals surface area contributed by atoms with E-state index in [0.717, 1.165) is 69.4 Å². The standard InChI is InChI=1S/C20H18BrFN2O3.C20H17BrN2O4/c21-19-15-11-18(20(25)26)27-17(15)5-4-16(19)24-8-6-23(7-9-24)12-13-2-1-3-14(22)10-13;21-18-14-12-17(20(25)26)27-16(14)7-6-15(18)22-8-10-23(11-9-22)19(24)13-4-2-1-3-5-13/h1-5,10-11H,6-9,12H2,(H,25,26);1-7,12H,8-11H2,(H,25,26). The molecule has 0 aliphatic carbocycles. The molecule has 2 saturated heterocycles. The highest BCUT2D eigenvalue weighted by Gasteiger charge is 2.25. The van der Waals surface area contributed by atoms with Crippen LogP contribution in [-0.4, -0.2) is 90.2 Å². The smallest absolute Gasteiger partial charge is 0.371 e. The largest absolute Gasteiger partial charge is 0.475 e. The monoisotopic (exact) mass is 860 g/mol. The summed E-state index contributed by atoms with van der Waals surface area (Å²) in [6.45, 7) is 6.80. The molecule has 4 heterocycles. The molecule has 0 atom stereocenters. The first-order chi connectivity index (χ1) is 26.0. The van der Waals surface area contributed by atoms with Crippen molar-refractivity contribution in [1.82, 2.24) is 9.80 Å². The third-order valence-corrected chi connectivity index (χ3v) is 11.3. The minimum atomic E-state index is -1.09. The predicted molar refractivity (Wildman–Crippen MR) is 210 cm³/mol. The van der Waals surface area contributed by atoms with Crippen molar-refractivity contribution < 1.29 is 37.8 Å². The first-order valence-electron chi connectivity index (χ1n) is 17.3. The van der Waals surface area contributed by atoms with E-state index in [0.29, 0.717) is 42.9 Å². The van der Waals surface area contributed by atoms with Gasteiger partial charge in [-0.1, -0.05) is 30.3 Å². The Hall–Kier alpha value is -5.18. The van der Waals surface area contributed by atoms with E-state index in [1.807, 2.05) is 53.4 Å². The molecule has 0 bridgehead atoms. The van der Waals surface area contributed by atoms with Crippen LogP contribution in [0.5, 0.6) is 0 Å². The minimum absolute atomic E-state index is 0.0469. The van der Waals surface area contributed by atoms with E-state index in [4.69, 9.17) is 19.0 Å². The molecule has 11 nitrogen and oxygen atoms in total. The zero-order chi connectivity index (χ0) is 37.9. The van der Waals surface area contributed by atoms with Crippen LogP contribution in [-0.2, 0) is 6.54 Å². The Bertz CT molecular complexity index is 2330. The highest BCUT2D eigenvalue weighted by Crippen LogP contribution is 2.37. The Morgan fingerprint density at radius 3 is 1.65 bits per heavy atom. The maximum atomic E-state index is 13.4. The van der Waals surface area contributed by atoms with Crippen molar-refractivity contribution in [2.24, 2.45) is 0 Å². The summed E-state index contributed by atoms with van der Waals surface area (Å²) in [6.07, 6.45) is 0.